The van der Waals surface area contributed by atoms with Crippen LogP contribution < -0.4 is 5.32 Å². The molecule has 1 amide bonds. The number of hydrogen-bond donors (Lipinski definition) is 2. The van der Waals surface area contributed by atoms with Crippen LogP contribution in [0.2, 0.25) is 0 Å². The van der Waals surface area contributed by atoms with E-state index in [1.165, 1.54) is 23.5 Å². The highest BCUT2D eigenvalue weighted by Crippen LogP contribution is 2.34. The third kappa shape index (κ3) is 4.44. The second kappa shape index (κ2) is 8.26. The maximum Gasteiger partial charge on any atom is 0.272 e. The Morgan fingerprint density at radius 3 is 2.76 bits per heavy atom. The lowest BCUT2D eigenvalue weighted by molar-refractivity contribution is 0.0946. The van der Waals surface area contributed by atoms with Gasteiger partial charge in [0.2, 0.25) is 0 Å². The van der Waals surface area contributed by atoms with Crippen molar-refractivity contribution in [3.05, 3.63) is 81.8 Å². The zero-order valence-corrected chi connectivity index (χ0v) is 17.8. The monoisotopic (exact) mass is 470 g/mol. The molecule has 2 aromatic heterocycles. The second-order valence-electron chi connectivity index (χ2n) is 6.42. The van der Waals surface area contributed by atoms with Gasteiger partial charge in [0, 0.05) is 16.6 Å². The summed E-state index contributed by atoms with van der Waals surface area (Å²) in [5.74, 6) is -0.539. The number of carbonyl (C=O) groups is 1. The molecule has 4 rings (SSSR count). The summed E-state index contributed by atoms with van der Waals surface area (Å²) >= 11 is 4.89. The molecule has 0 saturated carbocycles. The topological polar surface area (TPSA) is 70.7 Å². The number of H-pyrrole nitrogens is 1. The number of aryl methyl sites for hydroxylation is 1. The van der Waals surface area contributed by atoms with Crippen LogP contribution in [-0.2, 0) is 6.54 Å². The Labute approximate surface area is 179 Å². The average Bonchev–Trinajstić information content (AvgIpc) is 3.33. The van der Waals surface area contributed by atoms with Gasteiger partial charge in [-0.3, -0.25) is 9.89 Å². The van der Waals surface area contributed by atoms with E-state index in [0.717, 1.165) is 36.9 Å². The fraction of sp³-hybridized carbons (Fsp3) is 0.0952. The first-order valence-electron chi connectivity index (χ1n) is 8.81. The summed E-state index contributed by atoms with van der Waals surface area (Å²) < 4.78 is 14.1. The number of rotatable bonds is 5. The molecule has 29 heavy (non-hydrogen) atoms. The van der Waals surface area contributed by atoms with Crippen molar-refractivity contribution < 1.29 is 9.18 Å². The van der Waals surface area contributed by atoms with Crippen LogP contribution in [0.15, 0.2) is 59.1 Å². The Morgan fingerprint density at radius 2 is 2.00 bits per heavy atom. The number of halogens is 2. The van der Waals surface area contributed by atoms with Crippen LogP contribution in [0.4, 0.5) is 4.39 Å². The van der Waals surface area contributed by atoms with Gasteiger partial charge >= 0.3 is 0 Å². The quantitative estimate of drug-likeness (QED) is 0.413. The Kier molecular flexibility index (Phi) is 5.55. The molecule has 0 bridgehead atoms. The van der Waals surface area contributed by atoms with E-state index >= 15 is 0 Å². The molecule has 8 heteroatoms. The van der Waals surface area contributed by atoms with Crippen LogP contribution >= 0.6 is 27.3 Å². The van der Waals surface area contributed by atoms with Crippen molar-refractivity contribution in [1.82, 2.24) is 20.5 Å². The van der Waals surface area contributed by atoms with Gasteiger partial charge in [0.1, 0.15) is 10.8 Å². The molecule has 5 nitrogen and oxygen atoms in total. The summed E-state index contributed by atoms with van der Waals surface area (Å²) in [4.78, 5) is 17.9. The summed E-state index contributed by atoms with van der Waals surface area (Å²) in [6.07, 6.45) is 0. The minimum absolute atomic E-state index is 0.256. The molecule has 0 aliphatic heterocycles. The van der Waals surface area contributed by atoms with Crippen molar-refractivity contribution in [2.75, 3.05) is 0 Å². The van der Waals surface area contributed by atoms with E-state index in [4.69, 9.17) is 0 Å². The van der Waals surface area contributed by atoms with Crippen LogP contribution in [0.25, 0.3) is 21.1 Å². The highest BCUT2D eigenvalue weighted by Gasteiger charge is 2.16. The number of thiazole rings is 1. The Balaban J connectivity index is 1.50. The smallest absolute Gasteiger partial charge is 0.272 e. The molecule has 0 aliphatic rings. The Bertz CT molecular complexity index is 1170. The third-order valence-electron chi connectivity index (χ3n) is 4.28. The van der Waals surface area contributed by atoms with E-state index in [1.807, 2.05) is 31.2 Å². The summed E-state index contributed by atoms with van der Waals surface area (Å²) in [7, 11) is 0. The zero-order chi connectivity index (χ0) is 20.4. The molecule has 0 unspecified atom stereocenters. The van der Waals surface area contributed by atoms with Crippen molar-refractivity contribution in [2.24, 2.45) is 0 Å². The van der Waals surface area contributed by atoms with Gasteiger partial charge in [-0.2, -0.15) is 5.10 Å². The SMILES string of the molecule is Cc1nc(-c2ccc(F)cc2)sc1-c1cc(C(=O)NCc2cccc(Br)c2)n[nH]1. The van der Waals surface area contributed by atoms with E-state index < -0.39 is 0 Å². The van der Waals surface area contributed by atoms with E-state index in [-0.39, 0.29) is 11.7 Å². The third-order valence-corrected chi connectivity index (χ3v) is 6.02. The molecule has 0 radical (unpaired) electrons. The molecule has 2 N–H and O–H groups in total. The van der Waals surface area contributed by atoms with E-state index in [1.54, 1.807) is 18.2 Å². The molecular weight excluding hydrogens is 455 g/mol. The molecule has 0 spiro atoms. The number of amides is 1. The van der Waals surface area contributed by atoms with Crippen LogP contribution in [0.3, 0.4) is 0 Å². The highest BCUT2D eigenvalue weighted by atomic mass is 79.9. The average molecular weight is 471 g/mol. The fourth-order valence-electron chi connectivity index (χ4n) is 2.84. The number of carbonyl (C=O) groups excluding carboxylic acids is 1. The lowest BCUT2D eigenvalue weighted by atomic mass is 10.2. The van der Waals surface area contributed by atoms with E-state index in [9.17, 15) is 9.18 Å². The number of nitrogens with zero attached hydrogens (tertiary/aromatic N) is 2. The predicted molar refractivity (Wildman–Crippen MR) is 115 cm³/mol. The first-order valence-corrected chi connectivity index (χ1v) is 10.4. The Hall–Kier alpha value is -2.84. The van der Waals surface area contributed by atoms with Crippen molar-refractivity contribution in [2.45, 2.75) is 13.5 Å². The van der Waals surface area contributed by atoms with Gasteiger partial charge in [0.15, 0.2) is 5.69 Å². The van der Waals surface area contributed by atoms with Crippen molar-refractivity contribution in [1.29, 1.82) is 0 Å². The number of nitrogens with one attached hydrogen (secondary N) is 2. The fourth-order valence-corrected chi connectivity index (χ4v) is 4.32. The van der Waals surface area contributed by atoms with Crippen LogP contribution in [0.5, 0.6) is 0 Å². The number of benzene rings is 2. The van der Waals surface area contributed by atoms with Gasteiger partial charge in [-0.15, -0.1) is 11.3 Å². The summed E-state index contributed by atoms with van der Waals surface area (Å²) in [5, 5.41) is 10.7. The zero-order valence-electron chi connectivity index (χ0n) is 15.4. The summed E-state index contributed by atoms with van der Waals surface area (Å²) in [6.45, 7) is 2.31. The predicted octanol–water partition coefficient (Wildman–Crippen LogP) is 5.34. The molecule has 146 valence electrons. The molecule has 0 aliphatic carbocycles. The van der Waals surface area contributed by atoms with Gasteiger partial charge < -0.3 is 5.32 Å². The normalized spacial score (nSPS) is 10.9. The molecular formula is C21H16BrFN4OS. The molecule has 0 atom stereocenters. The maximum absolute atomic E-state index is 13.2. The summed E-state index contributed by atoms with van der Waals surface area (Å²) in [6, 6.07) is 15.7. The molecule has 0 fully saturated rings. The van der Waals surface area contributed by atoms with Crippen LogP contribution in [-0.4, -0.2) is 21.1 Å². The van der Waals surface area contributed by atoms with Gasteiger partial charge in [-0.1, -0.05) is 28.1 Å². The standard InChI is InChI=1S/C21H16BrFN4OS/c1-12-19(29-21(25-12)14-5-7-16(23)8-6-14)17-10-18(27-26-17)20(28)24-11-13-3-2-4-15(22)9-13/h2-10H,11H2,1H3,(H,24,28)(H,26,27). The van der Waals surface area contributed by atoms with Crippen molar-refractivity contribution in [3.8, 4) is 21.1 Å². The number of aromatic nitrogens is 3. The summed E-state index contributed by atoms with van der Waals surface area (Å²) in [5.41, 5.74) is 3.69. The molecule has 4 aromatic rings. The van der Waals surface area contributed by atoms with Gasteiger partial charge in [0.05, 0.1) is 16.3 Å². The van der Waals surface area contributed by atoms with Crippen molar-refractivity contribution in [3.63, 3.8) is 0 Å². The number of aromatic amines is 1. The number of hydrogen-bond acceptors (Lipinski definition) is 4. The van der Waals surface area contributed by atoms with Crippen molar-refractivity contribution >= 4 is 33.2 Å². The van der Waals surface area contributed by atoms with Gasteiger partial charge in [0.25, 0.3) is 5.91 Å². The van der Waals surface area contributed by atoms with E-state index in [2.05, 4.69) is 36.4 Å². The first kappa shape index (κ1) is 19.5. The van der Waals surface area contributed by atoms with Crippen LogP contribution in [0, 0.1) is 12.7 Å². The van der Waals surface area contributed by atoms with Gasteiger partial charge in [-0.05, 0) is 55.0 Å². The minimum atomic E-state index is -0.283. The van der Waals surface area contributed by atoms with Crippen LogP contribution in [0.1, 0.15) is 21.7 Å². The second-order valence-corrected chi connectivity index (χ2v) is 8.33. The lowest BCUT2D eigenvalue weighted by Crippen LogP contribution is -2.23. The van der Waals surface area contributed by atoms with E-state index in [0.29, 0.717) is 12.2 Å². The molecule has 0 saturated heterocycles. The largest absolute Gasteiger partial charge is 0.347 e. The first-order chi connectivity index (χ1) is 14.0. The molecule has 2 aromatic carbocycles. The lowest BCUT2D eigenvalue weighted by Gasteiger charge is -2.03. The highest BCUT2D eigenvalue weighted by molar-refractivity contribution is 9.10. The van der Waals surface area contributed by atoms with Gasteiger partial charge in [-0.25, -0.2) is 9.37 Å². The Morgan fingerprint density at radius 1 is 1.21 bits per heavy atom. The molecule has 2 heterocycles. The minimum Gasteiger partial charge on any atom is -0.347 e. The maximum atomic E-state index is 13.2.